The van der Waals surface area contributed by atoms with Gasteiger partial charge in [-0.2, -0.15) is 0 Å². The predicted octanol–water partition coefficient (Wildman–Crippen LogP) is 1.73. The van der Waals surface area contributed by atoms with E-state index in [2.05, 4.69) is 16.4 Å². The summed E-state index contributed by atoms with van der Waals surface area (Å²) in [6.45, 7) is 0.418. The zero-order chi connectivity index (χ0) is 15.3. The molecule has 2 rings (SSSR count). The second-order valence-corrected chi connectivity index (χ2v) is 7.79. The Balaban J connectivity index is 1.95. The molecule has 0 saturated carbocycles. The van der Waals surface area contributed by atoms with Crippen LogP contribution in [0, 0.1) is 0 Å². The summed E-state index contributed by atoms with van der Waals surface area (Å²) < 4.78 is 22.1. The molecule has 0 amide bonds. The largest absolute Gasteiger partial charge is 0.370 e. The van der Waals surface area contributed by atoms with Crippen LogP contribution in [0.25, 0.3) is 0 Å². The van der Waals surface area contributed by atoms with Gasteiger partial charge < -0.3 is 11.1 Å². The Labute approximate surface area is 126 Å². The van der Waals surface area contributed by atoms with Gasteiger partial charge in [0.1, 0.15) is 9.84 Å². The average Bonchev–Trinajstić information content (AvgIpc) is 2.43. The topological polar surface area (TPSA) is 84.5 Å². The zero-order valence-electron chi connectivity index (χ0n) is 12.4. The lowest BCUT2D eigenvalue weighted by molar-refractivity contribution is 0.599. The van der Waals surface area contributed by atoms with Crippen molar-refractivity contribution in [2.45, 2.75) is 32.1 Å². The van der Waals surface area contributed by atoms with Crippen molar-refractivity contribution >= 4 is 21.5 Å². The van der Waals surface area contributed by atoms with E-state index in [0.29, 0.717) is 18.9 Å². The van der Waals surface area contributed by atoms with Crippen LogP contribution in [-0.4, -0.2) is 32.9 Å². The number of sulfone groups is 1. The van der Waals surface area contributed by atoms with Crippen LogP contribution < -0.4 is 11.1 Å². The van der Waals surface area contributed by atoms with Gasteiger partial charge in [-0.05, 0) is 49.3 Å². The quantitative estimate of drug-likeness (QED) is 0.493. The fraction of sp³-hybridized carbons (Fsp3) is 0.533. The molecule has 0 unspecified atom stereocenters. The number of nitrogens with two attached hydrogens (primary N) is 1. The summed E-state index contributed by atoms with van der Waals surface area (Å²) in [5.74, 6) is 0.493. The lowest BCUT2D eigenvalue weighted by atomic mass is 9.90. The van der Waals surface area contributed by atoms with Gasteiger partial charge in [0, 0.05) is 18.5 Å². The van der Waals surface area contributed by atoms with Crippen molar-refractivity contribution in [3.8, 4) is 0 Å². The van der Waals surface area contributed by atoms with Gasteiger partial charge in [0.25, 0.3) is 0 Å². The molecule has 0 atom stereocenters. The summed E-state index contributed by atoms with van der Waals surface area (Å²) in [4.78, 5) is 4.19. The summed E-state index contributed by atoms with van der Waals surface area (Å²) in [6, 6.07) is 6.21. The highest BCUT2D eigenvalue weighted by molar-refractivity contribution is 7.90. The fourth-order valence-electron chi connectivity index (χ4n) is 2.60. The van der Waals surface area contributed by atoms with E-state index in [4.69, 9.17) is 5.73 Å². The van der Waals surface area contributed by atoms with Crippen molar-refractivity contribution in [3.63, 3.8) is 0 Å². The zero-order valence-corrected chi connectivity index (χ0v) is 13.2. The second kappa shape index (κ2) is 6.93. The van der Waals surface area contributed by atoms with Gasteiger partial charge in [-0.25, -0.2) is 8.42 Å². The van der Waals surface area contributed by atoms with Crippen molar-refractivity contribution in [2.75, 3.05) is 23.9 Å². The molecule has 5 nitrogen and oxygen atoms in total. The van der Waals surface area contributed by atoms with E-state index in [0.717, 1.165) is 18.5 Å². The SMILES string of the molecule is CS(=O)(=O)CCCN=C(N)Nc1cccc2c1CCCC2. The number of anilines is 1. The third-order valence-corrected chi connectivity index (χ3v) is 4.64. The van der Waals surface area contributed by atoms with Gasteiger partial charge >= 0.3 is 0 Å². The van der Waals surface area contributed by atoms with Crippen molar-refractivity contribution in [1.82, 2.24) is 0 Å². The Morgan fingerprint density at radius 2 is 2.10 bits per heavy atom. The summed E-state index contributed by atoms with van der Waals surface area (Å²) >= 11 is 0. The molecular formula is C15H23N3O2S. The summed E-state index contributed by atoms with van der Waals surface area (Å²) in [7, 11) is -2.92. The molecule has 1 aliphatic rings. The molecular weight excluding hydrogens is 286 g/mol. The molecule has 0 heterocycles. The fourth-order valence-corrected chi connectivity index (χ4v) is 3.26. The highest BCUT2D eigenvalue weighted by Gasteiger charge is 2.13. The number of aryl methyl sites for hydroxylation is 1. The lowest BCUT2D eigenvalue weighted by Crippen LogP contribution is -2.24. The first-order chi connectivity index (χ1) is 9.96. The molecule has 0 radical (unpaired) electrons. The van der Waals surface area contributed by atoms with Crippen molar-refractivity contribution in [3.05, 3.63) is 29.3 Å². The highest BCUT2D eigenvalue weighted by Crippen LogP contribution is 2.27. The maximum Gasteiger partial charge on any atom is 0.193 e. The van der Waals surface area contributed by atoms with E-state index in [1.54, 1.807) is 0 Å². The number of nitrogens with zero attached hydrogens (tertiary/aromatic N) is 1. The van der Waals surface area contributed by atoms with E-state index in [-0.39, 0.29) is 5.75 Å². The van der Waals surface area contributed by atoms with Crippen LogP contribution in [0.2, 0.25) is 0 Å². The van der Waals surface area contributed by atoms with E-state index in [9.17, 15) is 8.42 Å². The Kier molecular flexibility index (Phi) is 5.22. The third kappa shape index (κ3) is 5.04. The molecule has 6 heteroatoms. The van der Waals surface area contributed by atoms with Crippen molar-refractivity contribution in [2.24, 2.45) is 10.7 Å². The first-order valence-electron chi connectivity index (χ1n) is 7.31. The minimum absolute atomic E-state index is 0.143. The van der Waals surface area contributed by atoms with Crippen molar-refractivity contribution < 1.29 is 8.42 Å². The van der Waals surface area contributed by atoms with Crippen molar-refractivity contribution in [1.29, 1.82) is 0 Å². The Hall–Kier alpha value is -1.56. The average molecular weight is 309 g/mol. The third-order valence-electron chi connectivity index (χ3n) is 3.61. The molecule has 1 aromatic rings. The molecule has 0 spiro atoms. The number of fused-ring (bicyclic) bond motifs is 1. The number of hydrogen-bond donors (Lipinski definition) is 2. The van der Waals surface area contributed by atoms with Gasteiger partial charge in [0.15, 0.2) is 5.96 Å². The molecule has 0 bridgehead atoms. The van der Waals surface area contributed by atoms with E-state index < -0.39 is 9.84 Å². The van der Waals surface area contributed by atoms with E-state index in [1.165, 1.54) is 30.2 Å². The Morgan fingerprint density at radius 3 is 2.86 bits per heavy atom. The van der Waals surface area contributed by atoms with Crippen LogP contribution >= 0.6 is 0 Å². The number of guanidine groups is 1. The maximum absolute atomic E-state index is 11.0. The number of nitrogens with one attached hydrogen (secondary N) is 1. The molecule has 0 saturated heterocycles. The molecule has 1 aliphatic carbocycles. The van der Waals surface area contributed by atoms with Crippen LogP contribution in [0.3, 0.4) is 0 Å². The standard InChI is InChI=1S/C15H23N3O2S/c1-21(19,20)11-5-10-17-15(16)18-14-9-4-7-12-6-2-3-8-13(12)14/h4,7,9H,2-3,5-6,8,10-11H2,1H3,(H3,16,17,18). The summed E-state index contributed by atoms with van der Waals surface area (Å²) in [5.41, 5.74) is 9.62. The van der Waals surface area contributed by atoms with Gasteiger partial charge in [-0.15, -0.1) is 0 Å². The van der Waals surface area contributed by atoms with Gasteiger partial charge in [0.05, 0.1) is 5.75 Å². The first kappa shape index (κ1) is 15.8. The number of benzene rings is 1. The van der Waals surface area contributed by atoms with E-state index >= 15 is 0 Å². The smallest absolute Gasteiger partial charge is 0.193 e. The minimum atomic E-state index is -2.92. The molecule has 116 valence electrons. The number of aliphatic imine (C=N–C) groups is 1. The normalized spacial score (nSPS) is 15.6. The summed E-state index contributed by atoms with van der Waals surface area (Å²) in [5, 5.41) is 3.15. The van der Waals surface area contributed by atoms with Crippen LogP contribution in [0.1, 0.15) is 30.4 Å². The predicted molar refractivity (Wildman–Crippen MR) is 87.5 cm³/mol. The molecule has 0 aromatic heterocycles. The van der Waals surface area contributed by atoms with Gasteiger partial charge in [0.2, 0.25) is 0 Å². The molecule has 0 fully saturated rings. The van der Waals surface area contributed by atoms with Gasteiger partial charge in [-0.3, -0.25) is 4.99 Å². The second-order valence-electron chi connectivity index (χ2n) is 5.53. The number of hydrogen-bond acceptors (Lipinski definition) is 3. The highest BCUT2D eigenvalue weighted by atomic mass is 32.2. The Bertz CT molecular complexity index is 624. The molecule has 1 aromatic carbocycles. The van der Waals surface area contributed by atoms with Gasteiger partial charge in [-0.1, -0.05) is 12.1 Å². The molecule has 0 aliphatic heterocycles. The Morgan fingerprint density at radius 1 is 1.33 bits per heavy atom. The molecule has 3 N–H and O–H groups in total. The van der Waals surface area contributed by atoms with E-state index in [1.807, 2.05) is 12.1 Å². The van der Waals surface area contributed by atoms with Crippen LogP contribution in [0.5, 0.6) is 0 Å². The maximum atomic E-state index is 11.0. The summed E-state index contributed by atoms with van der Waals surface area (Å²) in [6.07, 6.45) is 6.36. The lowest BCUT2D eigenvalue weighted by Gasteiger charge is -2.19. The number of rotatable bonds is 5. The molecule has 21 heavy (non-hydrogen) atoms. The van der Waals surface area contributed by atoms with Crippen LogP contribution in [0.15, 0.2) is 23.2 Å². The minimum Gasteiger partial charge on any atom is -0.370 e. The monoisotopic (exact) mass is 309 g/mol. The van der Waals surface area contributed by atoms with Crippen LogP contribution in [-0.2, 0) is 22.7 Å². The first-order valence-corrected chi connectivity index (χ1v) is 9.37. The van der Waals surface area contributed by atoms with Crippen LogP contribution in [0.4, 0.5) is 5.69 Å².